The second-order valence-corrected chi connectivity index (χ2v) is 4.44. The Morgan fingerprint density at radius 1 is 1.32 bits per heavy atom. The zero-order valence-electron chi connectivity index (χ0n) is 11.6. The topological polar surface area (TPSA) is 39.1 Å². The Morgan fingerprint density at radius 3 is 2.95 bits per heavy atom. The van der Waals surface area contributed by atoms with E-state index in [-0.39, 0.29) is 0 Å². The number of nitrogens with zero attached hydrogens (tertiary/aromatic N) is 2. The summed E-state index contributed by atoms with van der Waals surface area (Å²) < 4.78 is 7.16. The van der Waals surface area contributed by atoms with E-state index in [4.69, 9.17) is 4.74 Å². The van der Waals surface area contributed by atoms with Gasteiger partial charge in [0, 0.05) is 19.3 Å². The molecule has 0 saturated carbocycles. The van der Waals surface area contributed by atoms with Gasteiger partial charge in [0.05, 0.1) is 12.8 Å². The molecule has 0 aliphatic heterocycles. The smallest absolute Gasteiger partial charge is 0.119 e. The maximum Gasteiger partial charge on any atom is 0.119 e. The molecule has 1 N–H and O–H groups in total. The molecule has 0 bridgehead atoms. The van der Waals surface area contributed by atoms with Crippen molar-refractivity contribution in [3.63, 3.8) is 0 Å². The number of benzene rings is 1. The van der Waals surface area contributed by atoms with Gasteiger partial charge in [-0.15, -0.1) is 0 Å². The van der Waals surface area contributed by atoms with Crippen LogP contribution in [0.15, 0.2) is 36.5 Å². The molecule has 102 valence electrons. The van der Waals surface area contributed by atoms with Crippen molar-refractivity contribution in [1.82, 2.24) is 15.1 Å². The SMILES string of the molecule is CCn1ccc(CNCCc2cccc(OC)c2)n1. The Kier molecular flexibility index (Phi) is 4.98. The maximum absolute atomic E-state index is 5.21. The van der Waals surface area contributed by atoms with Crippen LogP contribution in [0.3, 0.4) is 0 Å². The average Bonchev–Trinajstić information content (AvgIpc) is 2.92. The van der Waals surface area contributed by atoms with Crippen molar-refractivity contribution in [2.75, 3.05) is 13.7 Å². The van der Waals surface area contributed by atoms with E-state index in [1.165, 1.54) is 5.56 Å². The molecular formula is C15H21N3O. The van der Waals surface area contributed by atoms with Gasteiger partial charge in [-0.05, 0) is 43.7 Å². The van der Waals surface area contributed by atoms with Crippen LogP contribution in [0.25, 0.3) is 0 Å². The quantitative estimate of drug-likeness (QED) is 0.775. The second-order valence-electron chi connectivity index (χ2n) is 4.44. The lowest BCUT2D eigenvalue weighted by atomic mass is 10.1. The highest BCUT2D eigenvalue weighted by Crippen LogP contribution is 2.12. The highest BCUT2D eigenvalue weighted by atomic mass is 16.5. The third-order valence-electron chi connectivity index (χ3n) is 3.05. The maximum atomic E-state index is 5.21. The molecule has 4 nitrogen and oxygen atoms in total. The lowest BCUT2D eigenvalue weighted by Gasteiger charge is -2.05. The summed E-state index contributed by atoms with van der Waals surface area (Å²) >= 11 is 0. The molecule has 0 unspecified atom stereocenters. The molecule has 2 rings (SSSR count). The minimum Gasteiger partial charge on any atom is -0.497 e. The Morgan fingerprint density at radius 2 is 2.21 bits per heavy atom. The van der Waals surface area contributed by atoms with Crippen molar-refractivity contribution in [1.29, 1.82) is 0 Å². The molecule has 1 aromatic carbocycles. The lowest BCUT2D eigenvalue weighted by Crippen LogP contribution is -2.17. The van der Waals surface area contributed by atoms with Gasteiger partial charge in [-0.25, -0.2) is 0 Å². The van der Waals surface area contributed by atoms with E-state index in [1.807, 2.05) is 23.0 Å². The van der Waals surface area contributed by atoms with Gasteiger partial charge in [-0.1, -0.05) is 12.1 Å². The van der Waals surface area contributed by atoms with Crippen LogP contribution in [0.5, 0.6) is 5.75 Å². The third kappa shape index (κ3) is 4.10. The summed E-state index contributed by atoms with van der Waals surface area (Å²) in [5, 5.41) is 7.84. The number of ether oxygens (including phenoxy) is 1. The van der Waals surface area contributed by atoms with Crippen molar-refractivity contribution in [3.05, 3.63) is 47.8 Å². The summed E-state index contributed by atoms with van der Waals surface area (Å²) in [5.74, 6) is 0.916. The number of aryl methyl sites for hydroxylation is 1. The lowest BCUT2D eigenvalue weighted by molar-refractivity contribution is 0.414. The standard InChI is InChI=1S/C15H21N3O/c1-3-18-10-8-14(17-18)12-16-9-7-13-5-4-6-15(11-13)19-2/h4-6,8,10-11,16H,3,7,9,12H2,1-2H3. The molecule has 1 aromatic heterocycles. The van der Waals surface area contributed by atoms with Crippen molar-refractivity contribution < 1.29 is 4.74 Å². The van der Waals surface area contributed by atoms with E-state index in [1.54, 1.807) is 7.11 Å². The van der Waals surface area contributed by atoms with Gasteiger partial charge in [0.15, 0.2) is 0 Å². The predicted molar refractivity (Wildman–Crippen MR) is 76.3 cm³/mol. The average molecular weight is 259 g/mol. The van der Waals surface area contributed by atoms with Gasteiger partial charge in [0.2, 0.25) is 0 Å². The molecule has 0 radical (unpaired) electrons. The summed E-state index contributed by atoms with van der Waals surface area (Å²) in [4.78, 5) is 0. The van der Waals surface area contributed by atoms with Gasteiger partial charge in [-0.3, -0.25) is 4.68 Å². The summed E-state index contributed by atoms with van der Waals surface area (Å²) in [6.07, 6.45) is 3.00. The van der Waals surface area contributed by atoms with E-state index < -0.39 is 0 Å². The van der Waals surface area contributed by atoms with Crippen LogP contribution in [-0.2, 0) is 19.5 Å². The third-order valence-corrected chi connectivity index (χ3v) is 3.05. The van der Waals surface area contributed by atoms with E-state index in [9.17, 15) is 0 Å². The van der Waals surface area contributed by atoms with Gasteiger partial charge >= 0.3 is 0 Å². The molecule has 0 amide bonds. The van der Waals surface area contributed by atoms with Gasteiger partial charge < -0.3 is 10.1 Å². The zero-order valence-corrected chi connectivity index (χ0v) is 11.6. The number of rotatable bonds is 7. The highest BCUT2D eigenvalue weighted by Gasteiger charge is 1.99. The predicted octanol–water partition coefficient (Wildman–Crippen LogP) is 2.24. The Labute approximate surface area is 114 Å². The molecule has 1 heterocycles. The van der Waals surface area contributed by atoms with Crippen molar-refractivity contribution >= 4 is 0 Å². The first-order valence-corrected chi connectivity index (χ1v) is 6.68. The molecule has 2 aromatic rings. The van der Waals surface area contributed by atoms with E-state index >= 15 is 0 Å². The first kappa shape index (κ1) is 13.6. The van der Waals surface area contributed by atoms with Crippen LogP contribution in [-0.4, -0.2) is 23.4 Å². The van der Waals surface area contributed by atoms with Gasteiger partial charge in [0.25, 0.3) is 0 Å². The number of aromatic nitrogens is 2. The minimum absolute atomic E-state index is 0.816. The molecule has 0 aliphatic rings. The summed E-state index contributed by atoms with van der Waals surface area (Å²) in [6, 6.07) is 10.2. The molecule has 4 heteroatoms. The number of nitrogens with one attached hydrogen (secondary N) is 1. The Hall–Kier alpha value is -1.81. The first-order chi connectivity index (χ1) is 9.31. The zero-order chi connectivity index (χ0) is 13.5. The number of methoxy groups -OCH3 is 1. The van der Waals surface area contributed by atoms with E-state index in [0.717, 1.165) is 37.5 Å². The largest absolute Gasteiger partial charge is 0.497 e. The van der Waals surface area contributed by atoms with Crippen LogP contribution >= 0.6 is 0 Å². The summed E-state index contributed by atoms with van der Waals surface area (Å²) in [7, 11) is 1.70. The fourth-order valence-electron chi connectivity index (χ4n) is 1.95. The Bertz CT molecular complexity index is 508. The van der Waals surface area contributed by atoms with E-state index in [2.05, 4.69) is 35.5 Å². The summed E-state index contributed by atoms with van der Waals surface area (Å²) in [6.45, 7) is 4.76. The second kappa shape index (κ2) is 6.95. The van der Waals surface area contributed by atoms with Crippen LogP contribution in [0.1, 0.15) is 18.2 Å². The monoisotopic (exact) mass is 259 g/mol. The molecule has 0 fully saturated rings. The van der Waals surface area contributed by atoms with Crippen molar-refractivity contribution in [3.8, 4) is 5.75 Å². The molecule has 0 aliphatic carbocycles. The highest BCUT2D eigenvalue weighted by molar-refractivity contribution is 5.28. The fraction of sp³-hybridized carbons (Fsp3) is 0.400. The fourth-order valence-corrected chi connectivity index (χ4v) is 1.95. The van der Waals surface area contributed by atoms with Crippen molar-refractivity contribution in [2.45, 2.75) is 26.4 Å². The first-order valence-electron chi connectivity index (χ1n) is 6.68. The van der Waals surface area contributed by atoms with Crippen LogP contribution in [0.2, 0.25) is 0 Å². The molecule has 0 saturated heterocycles. The Balaban J connectivity index is 1.74. The van der Waals surface area contributed by atoms with Crippen molar-refractivity contribution in [2.24, 2.45) is 0 Å². The molecule has 0 atom stereocenters. The van der Waals surface area contributed by atoms with Crippen LogP contribution < -0.4 is 10.1 Å². The van der Waals surface area contributed by atoms with Crippen LogP contribution in [0, 0.1) is 0 Å². The van der Waals surface area contributed by atoms with Gasteiger partial charge in [-0.2, -0.15) is 5.10 Å². The normalized spacial score (nSPS) is 10.6. The van der Waals surface area contributed by atoms with Crippen LogP contribution in [0.4, 0.5) is 0 Å². The van der Waals surface area contributed by atoms with E-state index in [0.29, 0.717) is 0 Å². The number of hydrogen-bond acceptors (Lipinski definition) is 3. The minimum atomic E-state index is 0.816. The molecule has 19 heavy (non-hydrogen) atoms. The molecule has 0 spiro atoms. The molecular weight excluding hydrogens is 238 g/mol. The van der Waals surface area contributed by atoms with Gasteiger partial charge in [0.1, 0.15) is 5.75 Å². The summed E-state index contributed by atoms with van der Waals surface area (Å²) in [5.41, 5.74) is 2.37. The number of hydrogen-bond donors (Lipinski definition) is 1.